The second kappa shape index (κ2) is 8.88. The van der Waals surface area contributed by atoms with E-state index in [1.54, 1.807) is 0 Å². The molecule has 1 N–H and O–H groups in total. The van der Waals surface area contributed by atoms with Gasteiger partial charge in [0.05, 0.1) is 13.2 Å². The van der Waals surface area contributed by atoms with E-state index < -0.39 is 0 Å². The van der Waals surface area contributed by atoms with Crippen molar-refractivity contribution in [3.63, 3.8) is 0 Å². The summed E-state index contributed by atoms with van der Waals surface area (Å²) in [6, 6.07) is 8.00. The number of ether oxygens (including phenoxy) is 2. The fourth-order valence-electron chi connectivity index (χ4n) is 1.45. The molecule has 3 heteroatoms. The Labute approximate surface area is 104 Å². The van der Waals surface area contributed by atoms with E-state index in [1.807, 2.05) is 31.2 Å². The first-order valence-electron chi connectivity index (χ1n) is 6.41. The molecule has 0 spiro atoms. The van der Waals surface area contributed by atoms with Gasteiger partial charge >= 0.3 is 0 Å². The van der Waals surface area contributed by atoms with E-state index in [1.165, 1.54) is 6.42 Å². The van der Waals surface area contributed by atoms with Crippen LogP contribution in [0.4, 0.5) is 5.69 Å². The molecule has 0 bridgehead atoms. The van der Waals surface area contributed by atoms with Crippen molar-refractivity contribution < 1.29 is 9.47 Å². The first kappa shape index (κ1) is 13.8. The zero-order valence-electron chi connectivity index (χ0n) is 10.9. The molecule has 0 saturated heterocycles. The summed E-state index contributed by atoms with van der Waals surface area (Å²) >= 11 is 0. The highest BCUT2D eigenvalue weighted by molar-refractivity contribution is 5.46. The molecule has 0 saturated carbocycles. The molecule has 1 rings (SSSR count). The van der Waals surface area contributed by atoms with Crippen LogP contribution in [0.25, 0.3) is 0 Å². The summed E-state index contributed by atoms with van der Waals surface area (Å²) in [5.74, 6) is 0.914. The summed E-state index contributed by atoms with van der Waals surface area (Å²) in [5.41, 5.74) is 1.10. The molecule has 0 unspecified atom stereocenters. The third-order valence-corrected chi connectivity index (χ3v) is 2.38. The van der Waals surface area contributed by atoms with Gasteiger partial charge in [0.15, 0.2) is 0 Å². The largest absolute Gasteiger partial charge is 0.494 e. The Bertz CT molecular complexity index is 285. The molecule has 0 aliphatic carbocycles. The molecule has 0 aromatic heterocycles. The first-order valence-corrected chi connectivity index (χ1v) is 6.41. The molecule has 0 radical (unpaired) electrons. The van der Waals surface area contributed by atoms with Gasteiger partial charge in [0, 0.05) is 18.8 Å². The highest BCUT2D eigenvalue weighted by Crippen LogP contribution is 2.15. The zero-order chi connectivity index (χ0) is 12.3. The number of hydrogen-bond donors (Lipinski definition) is 1. The van der Waals surface area contributed by atoms with E-state index in [0.29, 0.717) is 6.61 Å². The van der Waals surface area contributed by atoms with Crippen molar-refractivity contribution in [2.45, 2.75) is 26.7 Å². The Balaban J connectivity index is 2.14. The maximum atomic E-state index is 5.47. The molecule has 17 heavy (non-hydrogen) atoms. The highest BCUT2D eigenvalue weighted by atomic mass is 16.5. The minimum absolute atomic E-state index is 0.706. The van der Waals surface area contributed by atoms with Crippen LogP contribution >= 0.6 is 0 Å². The van der Waals surface area contributed by atoms with Gasteiger partial charge in [0.1, 0.15) is 5.75 Å². The number of unbranched alkanes of at least 4 members (excludes halogenated alkanes) is 1. The number of nitrogens with one attached hydrogen (secondary N) is 1. The van der Waals surface area contributed by atoms with E-state index in [0.717, 1.165) is 37.6 Å². The average molecular weight is 237 g/mol. The summed E-state index contributed by atoms with van der Waals surface area (Å²) in [4.78, 5) is 0. The predicted octanol–water partition coefficient (Wildman–Crippen LogP) is 3.31. The van der Waals surface area contributed by atoms with Crippen LogP contribution in [0, 0.1) is 0 Å². The van der Waals surface area contributed by atoms with Crippen molar-refractivity contribution in [3.8, 4) is 5.75 Å². The van der Waals surface area contributed by atoms with Crippen LogP contribution in [0.5, 0.6) is 5.75 Å². The van der Waals surface area contributed by atoms with Crippen molar-refractivity contribution in [2.75, 3.05) is 31.7 Å². The monoisotopic (exact) mass is 237 g/mol. The Morgan fingerprint density at radius 1 is 1.06 bits per heavy atom. The van der Waals surface area contributed by atoms with E-state index in [-0.39, 0.29) is 0 Å². The summed E-state index contributed by atoms with van der Waals surface area (Å²) < 4.78 is 10.8. The van der Waals surface area contributed by atoms with Gasteiger partial charge in [0.25, 0.3) is 0 Å². The summed E-state index contributed by atoms with van der Waals surface area (Å²) in [7, 11) is 0. The van der Waals surface area contributed by atoms with E-state index in [4.69, 9.17) is 9.47 Å². The quantitative estimate of drug-likeness (QED) is 0.668. The second-order valence-electron chi connectivity index (χ2n) is 3.85. The summed E-state index contributed by atoms with van der Waals surface area (Å²) in [6.45, 7) is 7.33. The number of benzene rings is 1. The van der Waals surface area contributed by atoms with Gasteiger partial charge in [-0.3, -0.25) is 0 Å². The van der Waals surface area contributed by atoms with E-state index >= 15 is 0 Å². The van der Waals surface area contributed by atoms with Crippen LogP contribution in [0.3, 0.4) is 0 Å². The van der Waals surface area contributed by atoms with Crippen LogP contribution in [0.2, 0.25) is 0 Å². The lowest BCUT2D eigenvalue weighted by Crippen LogP contribution is -2.09. The van der Waals surface area contributed by atoms with Gasteiger partial charge in [-0.1, -0.05) is 13.3 Å². The molecule has 0 aliphatic rings. The Morgan fingerprint density at radius 2 is 1.82 bits per heavy atom. The van der Waals surface area contributed by atoms with Gasteiger partial charge in [-0.25, -0.2) is 0 Å². The molecular weight excluding hydrogens is 214 g/mol. The lowest BCUT2D eigenvalue weighted by molar-refractivity contribution is 0.141. The van der Waals surface area contributed by atoms with Gasteiger partial charge in [0.2, 0.25) is 0 Å². The molecule has 0 heterocycles. The smallest absolute Gasteiger partial charge is 0.119 e. The highest BCUT2D eigenvalue weighted by Gasteiger charge is 1.94. The summed E-state index contributed by atoms with van der Waals surface area (Å²) in [6.07, 6.45) is 2.33. The van der Waals surface area contributed by atoms with Crippen molar-refractivity contribution in [1.29, 1.82) is 0 Å². The lowest BCUT2D eigenvalue weighted by atomic mass is 10.3. The fraction of sp³-hybridized carbons (Fsp3) is 0.571. The Kier molecular flexibility index (Phi) is 7.23. The lowest BCUT2D eigenvalue weighted by Gasteiger charge is -2.08. The van der Waals surface area contributed by atoms with Gasteiger partial charge in [-0.15, -0.1) is 0 Å². The molecule has 0 atom stereocenters. The van der Waals surface area contributed by atoms with Crippen molar-refractivity contribution in [1.82, 2.24) is 0 Å². The average Bonchev–Trinajstić information content (AvgIpc) is 2.36. The predicted molar refractivity (Wildman–Crippen MR) is 71.8 cm³/mol. The molecule has 3 nitrogen and oxygen atoms in total. The van der Waals surface area contributed by atoms with Crippen LogP contribution in [-0.2, 0) is 4.74 Å². The van der Waals surface area contributed by atoms with Crippen molar-refractivity contribution >= 4 is 5.69 Å². The Hall–Kier alpha value is -1.22. The maximum absolute atomic E-state index is 5.47. The molecule has 0 amide bonds. The van der Waals surface area contributed by atoms with Gasteiger partial charge in [-0.2, -0.15) is 0 Å². The number of hydrogen-bond acceptors (Lipinski definition) is 3. The topological polar surface area (TPSA) is 30.5 Å². The van der Waals surface area contributed by atoms with Crippen molar-refractivity contribution in [2.24, 2.45) is 0 Å². The normalized spacial score (nSPS) is 10.2. The SMILES string of the molecule is CCCCOCCNc1ccc(OCC)cc1. The maximum Gasteiger partial charge on any atom is 0.119 e. The van der Waals surface area contributed by atoms with E-state index in [2.05, 4.69) is 12.2 Å². The minimum Gasteiger partial charge on any atom is -0.494 e. The third-order valence-electron chi connectivity index (χ3n) is 2.38. The second-order valence-corrected chi connectivity index (χ2v) is 3.85. The molecule has 0 fully saturated rings. The van der Waals surface area contributed by atoms with Gasteiger partial charge in [-0.05, 0) is 37.6 Å². The fourth-order valence-corrected chi connectivity index (χ4v) is 1.45. The molecule has 1 aromatic carbocycles. The van der Waals surface area contributed by atoms with Crippen LogP contribution in [-0.4, -0.2) is 26.4 Å². The van der Waals surface area contributed by atoms with Gasteiger partial charge < -0.3 is 14.8 Å². The third kappa shape index (κ3) is 6.17. The van der Waals surface area contributed by atoms with E-state index in [9.17, 15) is 0 Å². The number of anilines is 1. The standard InChI is InChI=1S/C14H23NO2/c1-3-5-11-16-12-10-15-13-6-8-14(9-7-13)17-4-2/h6-9,15H,3-5,10-12H2,1-2H3. The first-order chi connectivity index (χ1) is 8.36. The number of rotatable bonds is 9. The zero-order valence-corrected chi connectivity index (χ0v) is 10.9. The minimum atomic E-state index is 0.706. The van der Waals surface area contributed by atoms with Crippen LogP contribution in [0.1, 0.15) is 26.7 Å². The van der Waals surface area contributed by atoms with Crippen LogP contribution in [0.15, 0.2) is 24.3 Å². The molecule has 96 valence electrons. The van der Waals surface area contributed by atoms with Crippen molar-refractivity contribution in [3.05, 3.63) is 24.3 Å². The van der Waals surface area contributed by atoms with Crippen LogP contribution < -0.4 is 10.1 Å². The summed E-state index contributed by atoms with van der Waals surface area (Å²) in [5, 5.41) is 3.31. The molecule has 0 aliphatic heterocycles. The molecule has 1 aromatic rings. The Morgan fingerprint density at radius 3 is 2.47 bits per heavy atom. The molecular formula is C14H23NO2.